The van der Waals surface area contributed by atoms with Crippen LogP contribution in [0.3, 0.4) is 0 Å². The number of hydrogen-bond donors (Lipinski definition) is 1. The highest BCUT2D eigenvalue weighted by Crippen LogP contribution is 2.33. The molecule has 0 fully saturated rings. The van der Waals surface area contributed by atoms with E-state index in [2.05, 4.69) is 4.98 Å². The molecule has 1 N–H and O–H groups in total. The topological polar surface area (TPSA) is 50.2 Å². The number of phenolic OH excluding ortho intramolecular Hbond substituents is 1. The summed E-state index contributed by atoms with van der Waals surface area (Å²) in [6.07, 6.45) is -2.35. The van der Waals surface area contributed by atoms with Gasteiger partial charge in [-0.1, -0.05) is 12.1 Å². The quantitative estimate of drug-likeness (QED) is 0.316. The summed E-state index contributed by atoms with van der Waals surface area (Å²) in [5.41, 5.74) is -0.242. The predicted octanol–water partition coefficient (Wildman–Crippen LogP) is 6.02. The zero-order valence-electron chi connectivity index (χ0n) is 14.7. The Morgan fingerprint density at radius 2 is 1.72 bits per heavy atom. The summed E-state index contributed by atoms with van der Waals surface area (Å²) in [5, 5.41) is 9.47. The van der Waals surface area contributed by atoms with Gasteiger partial charge in [0.2, 0.25) is 5.82 Å². The molecule has 0 spiro atoms. The molecule has 150 valence electrons. The average molecular weight is 425 g/mol. The molecule has 3 nitrogen and oxygen atoms in total. The Labute approximate surface area is 165 Å². The van der Waals surface area contributed by atoms with Gasteiger partial charge in [-0.15, -0.1) is 11.3 Å². The number of rotatable bonds is 4. The van der Waals surface area contributed by atoms with Gasteiger partial charge >= 0.3 is 6.18 Å². The number of alkyl halides is 3. The zero-order valence-corrected chi connectivity index (χ0v) is 15.5. The van der Waals surface area contributed by atoms with Gasteiger partial charge in [-0.3, -0.25) is 4.79 Å². The van der Waals surface area contributed by atoms with Crippen molar-refractivity contribution in [1.82, 2.24) is 4.98 Å². The van der Waals surface area contributed by atoms with Crippen LogP contribution in [-0.2, 0) is 6.18 Å². The molecule has 29 heavy (non-hydrogen) atoms. The first-order chi connectivity index (χ1) is 13.6. The van der Waals surface area contributed by atoms with Crippen LogP contribution in [0.25, 0.3) is 16.6 Å². The van der Waals surface area contributed by atoms with E-state index < -0.39 is 34.9 Å². The zero-order chi connectivity index (χ0) is 21.3. The van der Waals surface area contributed by atoms with Crippen molar-refractivity contribution in [2.45, 2.75) is 13.1 Å². The van der Waals surface area contributed by atoms with Gasteiger partial charge in [-0.2, -0.15) is 17.6 Å². The Balaban J connectivity index is 1.85. The molecule has 3 aromatic rings. The van der Waals surface area contributed by atoms with Crippen LogP contribution in [0.2, 0.25) is 0 Å². The first-order valence-electron chi connectivity index (χ1n) is 8.12. The van der Waals surface area contributed by atoms with Crippen LogP contribution in [0, 0.1) is 18.6 Å². The number of halogens is 5. The molecule has 0 saturated heterocycles. The van der Waals surface area contributed by atoms with Crippen molar-refractivity contribution in [2.24, 2.45) is 0 Å². The Kier molecular flexibility index (Phi) is 5.52. The number of allylic oxidation sites excluding steroid dienone is 1. The first kappa shape index (κ1) is 20.7. The monoisotopic (exact) mass is 425 g/mol. The van der Waals surface area contributed by atoms with Crippen LogP contribution in [-0.4, -0.2) is 15.9 Å². The minimum absolute atomic E-state index is 0.218. The number of thiazole rings is 1. The van der Waals surface area contributed by atoms with E-state index in [0.29, 0.717) is 16.3 Å². The fourth-order valence-corrected chi connectivity index (χ4v) is 3.47. The summed E-state index contributed by atoms with van der Waals surface area (Å²) in [4.78, 5) is 16.8. The van der Waals surface area contributed by atoms with Crippen molar-refractivity contribution in [2.75, 3.05) is 0 Å². The van der Waals surface area contributed by atoms with Crippen LogP contribution in [0.4, 0.5) is 22.0 Å². The number of carbonyl (C=O) groups excluding carboxylic acids is 1. The Morgan fingerprint density at radius 3 is 2.34 bits per heavy atom. The lowest BCUT2D eigenvalue weighted by Crippen LogP contribution is -2.03. The number of aromatic nitrogens is 1. The summed E-state index contributed by atoms with van der Waals surface area (Å²) >= 11 is 0.978. The van der Waals surface area contributed by atoms with E-state index in [4.69, 9.17) is 5.11 Å². The van der Waals surface area contributed by atoms with Crippen molar-refractivity contribution in [3.05, 3.63) is 75.8 Å². The molecular formula is C20H12F5NO2S. The van der Waals surface area contributed by atoms with Crippen LogP contribution in [0.15, 0.2) is 42.5 Å². The van der Waals surface area contributed by atoms with Crippen molar-refractivity contribution in [3.63, 3.8) is 0 Å². The van der Waals surface area contributed by atoms with Crippen LogP contribution in [0.5, 0.6) is 5.75 Å². The largest absolute Gasteiger partial charge is 0.505 e. The lowest BCUT2D eigenvalue weighted by molar-refractivity contribution is -0.137. The van der Waals surface area contributed by atoms with Crippen molar-refractivity contribution >= 4 is 23.2 Å². The van der Waals surface area contributed by atoms with Gasteiger partial charge in [0.1, 0.15) is 5.01 Å². The summed E-state index contributed by atoms with van der Waals surface area (Å²) in [6, 6.07) is 6.46. The van der Waals surface area contributed by atoms with Gasteiger partial charge in [0.15, 0.2) is 17.3 Å². The summed E-state index contributed by atoms with van der Waals surface area (Å²) in [7, 11) is 0. The summed E-state index contributed by atoms with van der Waals surface area (Å²) < 4.78 is 65.1. The fraction of sp³-hybridized carbons (Fsp3) is 0.100. The summed E-state index contributed by atoms with van der Waals surface area (Å²) in [6.45, 7) is 1.56. The van der Waals surface area contributed by atoms with E-state index in [0.717, 1.165) is 47.8 Å². The number of aryl methyl sites for hydroxylation is 1. The third-order valence-corrected chi connectivity index (χ3v) is 5.21. The molecule has 0 amide bonds. The van der Waals surface area contributed by atoms with Crippen molar-refractivity contribution < 1.29 is 31.9 Å². The van der Waals surface area contributed by atoms with E-state index in [1.807, 2.05) is 0 Å². The summed E-state index contributed by atoms with van der Waals surface area (Å²) in [5.74, 6) is -4.07. The molecule has 1 aromatic heterocycles. The normalized spacial score (nSPS) is 11.9. The van der Waals surface area contributed by atoms with Gasteiger partial charge < -0.3 is 5.11 Å². The highest BCUT2D eigenvalue weighted by molar-refractivity contribution is 7.17. The third kappa shape index (κ3) is 4.34. The molecule has 0 unspecified atom stereocenters. The first-order valence-corrected chi connectivity index (χ1v) is 8.94. The van der Waals surface area contributed by atoms with Gasteiger partial charge in [0, 0.05) is 11.1 Å². The lowest BCUT2D eigenvalue weighted by atomic mass is 10.1. The molecular weight excluding hydrogens is 413 g/mol. The maximum Gasteiger partial charge on any atom is 0.416 e. The molecule has 2 aromatic carbocycles. The van der Waals surface area contributed by atoms with Gasteiger partial charge in [-0.25, -0.2) is 9.37 Å². The smallest absolute Gasteiger partial charge is 0.416 e. The number of aromatic hydroxyl groups is 1. The Bertz CT molecular complexity index is 1100. The Hall–Kier alpha value is -3.07. The SMILES string of the molecule is Cc1nc(-c2ccc(C(F)(F)F)cc2)sc1C(=O)/C=C/c1ccc(O)c(F)c1F. The van der Waals surface area contributed by atoms with E-state index in [1.54, 1.807) is 6.92 Å². The second-order valence-electron chi connectivity index (χ2n) is 6.01. The second kappa shape index (κ2) is 7.75. The van der Waals surface area contributed by atoms with E-state index in [-0.39, 0.29) is 10.4 Å². The number of hydrogen-bond acceptors (Lipinski definition) is 4. The molecule has 0 aliphatic heterocycles. The van der Waals surface area contributed by atoms with Crippen LogP contribution < -0.4 is 0 Å². The average Bonchev–Trinajstić information content (AvgIpc) is 3.06. The number of nitrogens with zero attached hydrogens (tertiary/aromatic N) is 1. The molecule has 0 saturated carbocycles. The van der Waals surface area contributed by atoms with Gasteiger partial charge in [0.25, 0.3) is 0 Å². The lowest BCUT2D eigenvalue weighted by Gasteiger charge is -2.06. The molecule has 0 bridgehead atoms. The number of carbonyl (C=O) groups is 1. The van der Waals surface area contributed by atoms with Gasteiger partial charge in [0.05, 0.1) is 16.1 Å². The highest BCUT2D eigenvalue weighted by atomic mass is 32.1. The van der Waals surface area contributed by atoms with E-state index in [9.17, 15) is 26.7 Å². The third-order valence-electron chi connectivity index (χ3n) is 3.99. The van der Waals surface area contributed by atoms with Crippen molar-refractivity contribution in [3.8, 4) is 16.3 Å². The second-order valence-corrected chi connectivity index (χ2v) is 7.01. The van der Waals surface area contributed by atoms with Crippen LogP contribution >= 0.6 is 11.3 Å². The predicted molar refractivity (Wildman–Crippen MR) is 98.7 cm³/mol. The number of benzene rings is 2. The molecule has 0 aliphatic rings. The number of phenols is 1. The Morgan fingerprint density at radius 1 is 1.07 bits per heavy atom. The van der Waals surface area contributed by atoms with E-state index in [1.165, 1.54) is 12.1 Å². The molecule has 1 heterocycles. The van der Waals surface area contributed by atoms with E-state index >= 15 is 0 Å². The molecule has 9 heteroatoms. The standard InChI is InChI=1S/C20H12F5NO2S/c1-10-18(15(28)9-5-11-4-8-14(27)17(22)16(11)21)29-19(26-10)12-2-6-13(7-3-12)20(23,24)25/h2-9,27H,1H3/b9-5+. The minimum atomic E-state index is -4.45. The molecule has 0 atom stereocenters. The fourth-order valence-electron chi connectivity index (χ4n) is 2.47. The van der Waals surface area contributed by atoms with Gasteiger partial charge in [-0.05, 0) is 43.3 Å². The maximum atomic E-state index is 13.7. The molecule has 0 radical (unpaired) electrons. The van der Waals surface area contributed by atoms with Crippen LogP contribution in [0.1, 0.15) is 26.5 Å². The molecule has 0 aliphatic carbocycles. The maximum absolute atomic E-state index is 13.7. The minimum Gasteiger partial charge on any atom is -0.505 e. The highest BCUT2D eigenvalue weighted by Gasteiger charge is 2.30. The van der Waals surface area contributed by atoms with Crippen molar-refractivity contribution in [1.29, 1.82) is 0 Å². The number of ketones is 1. The molecule has 3 rings (SSSR count).